The highest BCUT2D eigenvalue weighted by atomic mass is 35.5. The Bertz CT molecular complexity index is 1270. The minimum absolute atomic E-state index is 0.214. The number of hydrazone groups is 1. The molecule has 1 aromatic heterocycles. The molecular formula is C25H23Cl2N3O5. The van der Waals surface area contributed by atoms with Gasteiger partial charge in [0.2, 0.25) is 0 Å². The highest BCUT2D eigenvalue weighted by Crippen LogP contribution is 2.24. The van der Waals surface area contributed by atoms with Crippen LogP contribution in [-0.4, -0.2) is 37.1 Å². The van der Waals surface area contributed by atoms with Crippen LogP contribution in [0.15, 0.2) is 64.1 Å². The zero-order valence-corrected chi connectivity index (χ0v) is 20.7. The summed E-state index contributed by atoms with van der Waals surface area (Å²) in [6.45, 7) is 3.59. The third-order valence-corrected chi connectivity index (χ3v) is 5.72. The molecule has 2 amide bonds. The maximum Gasteiger partial charge on any atom is 0.337 e. The average Bonchev–Trinajstić information content (AvgIpc) is 3.32. The van der Waals surface area contributed by atoms with Crippen LogP contribution in [0.2, 0.25) is 10.0 Å². The van der Waals surface area contributed by atoms with E-state index in [1.165, 1.54) is 31.5 Å². The van der Waals surface area contributed by atoms with Gasteiger partial charge in [0.05, 0.1) is 28.9 Å². The first-order valence-corrected chi connectivity index (χ1v) is 11.3. The van der Waals surface area contributed by atoms with Crippen molar-refractivity contribution in [2.24, 2.45) is 11.0 Å². The van der Waals surface area contributed by atoms with Gasteiger partial charge in [0.1, 0.15) is 17.6 Å². The normalized spacial score (nSPS) is 11.9. The number of carbonyl (C=O) groups is 3. The summed E-state index contributed by atoms with van der Waals surface area (Å²) in [6.07, 6.45) is 1.34. The van der Waals surface area contributed by atoms with Gasteiger partial charge in [0, 0.05) is 11.1 Å². The first-order chi connectivity index (χ1) is 16.7. The number of halogens is 2. The quantitative estimate of drug-likeness (QED) is 0.250. The molecule has 3 aromatic rings. The van der Waals surface area contributed by atoms with E-state index in [2.05, 4.69) is 15.8 Å². The standard InChI is InChI=1S/C25H23Cl2N3O5/c1-14(2)22(29-23(31)16-7-9-19(26)20(27)12-16)24(32)30-28-13-18-8-10-21(35-18)15-5-4-6-17(11-15)25(33)34-3/h4-14,22H,1-3H3,(H,29,31)(H,30,32)/b28-13+. The van der Waals surface area contributed by atoms with Crippen LogP contribution in [0.1, 0.15) is 40.3 Å². The number of carbonyl (C=O) groups excluding carboxylic acids is 3. The van der Waals surface area contributed by atoms with Gasteiger partial charge in [-0.2, -0.15) is 5.10 Å². The maximum atomic E-state index is 12.7. The van der Waals surface area contributed by atoms with E-state index in [0.717, 1.165) is 0 Å². The number of nitrogens with zero attached hydrogens (tertiary/aromatic N) is 1. The highest BCUT2D eigenvalue weighted by Gasteiger charge is 2.24. The molecule has 1 unspecified atom stereocenters. The minimum Gasteiger partial charge on any atom is -0.465 e. The van der Waals surface area contributed by atoms with Crippen LogP contribution in [0.25, 0.3) is 11.3 Å². The van der Waals surface area contributed by atoms with Gasteiger partial charge in [0.25, 0.3) is 11.8 Å². The number of hydrogen-bond donors (Lipinski definition) is 2. The van der Waals surface area contributed by atoms with Crippen LogP contribution in [0.4, 0.5) is 0 Å². The molecule has 10 heteroatoms. The molecule has 0 aliphatic heterocycles. The van der Waals surface area contributed by atoms with Gasteiger partial charge in [-0.1, -0.05) is 49.2 Å². The van der Waals surface area contributed by atoms with E-state index in [-0.39, 0.29) is 16.5 Å². The Morgan fingerprint density at radius 1 is 1.00 bits per heavy atom. The summed E-state index contributed by atoms with van der Waals surface area (Å²) in [7, 11) is 1.31. The van der Waals surface area contributed by atoms with E-state index in [1.54, 1.807) is 50.2 Å². The lowest BCUT2D eigenvalue weighted by Gasteiger charge is -2.20. The van der Waals surface area contributed by atoms with Crippen LogP contribution in [0.5, 0.6) is 0 Å². The highest BCUT2D eigenvalue weighted by molar-refractivity contribution is 6.42. The van der Waals surface area contributed by atoms with Gasteiger partial charge < -0.3 is 14.5 Å². The third-order valence-electron chi connectivity index (χ3n) is 4.98. The molecule has 35 heavy (non-hydrogen) atoms. The van der Waals surface area contributed by atoms with Crippen molar-refractivity contribution in [2.75, 3.05) is 7.11 Å². The number of nitrogens with one attached hydrogen (secondary N) is 2. The molecule has 0 radical (unpaired) electrons. The fraction of sp³-hybridized carbons (Fsp3) is 0.200. The minimum atomic E-state index is -0.845. The monoisotopic (exact) mass is 515 g/mol. The molecule has 2 N–H and O–H groups in total. The maximum absolute atomic E-state index is 12.7. The largest absolute Gasteiger partial charge is 0.465 e. The van der Waals surface area contributed by atoms with Crippen molar-refractivity contribution in [1.82, 2.24) is 10.7 Å². The SMILES string of the molecule is COC(=O)c1cccc(-c2ccc(/C=N/NC(=O)C(NC(=O)c3ccc(Cl)c(Cl)c3)C(C)C)o2)c1. The predicted octanol–water partition coefficient (Wildman–Crippen LogP) is 4.94. The summed E-state index contributed by atoms with van der Waals surface area (Å²) in [6, 6.07) is 13.8. The van der Waals surface area contributed by atoms with Crippen molar-refractivity contribution in [1.29, 1.82) is 0 Å². The summed E-state index contributed by atoms with van der Waals surface area (Å²) in [5, 5.41) is 7.19. The number of hydrogen-bond acceptors (Lipinski definition) is 6. The second kappa shape index (κ2) is 11.7. The Balaban J connectivity index is 1.64. The molecule has 0 aliphatic carbocycles. The smallest absolute Gasteiger partial charge is 0.337 e. The van der Waals surface area contributed by atoms with E-state index in [0.29, 0.717) is 27.7 Å². The second-order valence-electron chi connectivity index (χ2n) is 7.83. The first-order valence-electron chi connectivity index (χ1n) is 10.6. The summed E-state index contributed by atoms with van der Waals surface area (Å²) in [4.78, 5) is 37.0. The number of benzene rings is 2. The van der Waals surface area contributed by atoms with Gasteiger partial charge in [-0.25, -0.2) is 10.2 Å². The van der Waals surface area contributed by atoms with E-state index >= 15 is 0 Å². The molecule has 3 rings (SSSR count). The summed E-state index contributed by atoms with van der Waals surface area (Å²) in [5.74, 6) is -0.737. The van der Waals surface area contributed by atoms with Gasteiger partial charge in [-0.3, -0.25) is 9.59 Å². The second-order valence-corrected chi connectivity index (χ2v) is 8.65. The van der Waals surface area contributed by atoms with Crippen molar-refractivity contribution in [2.45, 2.75) is 19.9 Å². The van der Waals surface area contributed by atoms with E-state index in [4.69, 9.17) is 32.4 Å². The van der Waals surface area contributed by atoms with E-state index in [9.17, 15) is 14.4 Å². The lowest BCUT2D eigenvalue weighted by molar-refractivity contribution is -0.123. The fourth-order valence-electron chi connectivity index (χ4n) is 3.12. The van der Waals surface area contributed by atoms with Crippen molar-refractivity contribution in [3.8, 4) is 11.3 Å². The molecule has 8 nitrogen and oxygen atoms in total. The molecule has 182 valence electrons. The first kappa shape index (κ1) is 26.0. The predicted molar refractivity (Wildman–Crippen MR) is 134 cm³/mol. The fourth-order valence-corrected chi connectivity index (χ4v) is 3.42. The molecule has 0 saturated carbocycles. The topological polar surface area (TPSA) is 110 Å². The summed E-state index contributed by atoms with van der Waals surface area (Å²) in [5.41, 5.74) is 3.77. The van der Waals surface area contributed by atoms with E-state index in [1.807, 2.05) is 0 Å². The van der Waals surface area contributed by atoms with Crippen molar-refractivity contribution >= 4 is 47.2 Å². The van der Waals surface area contributed by atoms with Gasteiger partial charge >= 0.3 is 5.97 Å². The van der Waals surface area contributed by atoms with Gasteiger partial charge in [0.15, 0.2) is 0 Å². The van der Waals surface area contributed by atoms with Crippen molar-refractivity contribution in [3.05, 3.63) is 81.5 Å². The molecule has 2 aromatic carbocycles. The van der Waals surface area contributed by atoms with Gasteiger partial charge in [-0.15, -0.1) is 0 Å². The van der Waals surface area contributed by atoms with E-state index < -0.39 is 23.8 Å². The number of methoxy groups -OCH3 is 1. The van der Waals surface area contributed by atoms with Crippen LogP contribution >= 0.6 is 23.2 Å². The Morgan fingerprint density at radius 3 is 2.46 bits per heavy atom. The van der Waals surface area contributed by atoms with Crippen LogP contribution in [0, 0.1) is 5.92 Å². The number of furan rings is 1. The molecule has 0 bridgehead atoms. The number of ether oxygens (including phenoxy) is 1. The van der Waals surface area contributed by atoms with Crippen molar-refractivity contribution < 1.29 is 23.5 Å². The number of amides is 2. The van der Waals surface area contributed by atoms with Crippen LogP contribution in [0.3, 0.4) is 0 Å². The molecule has 0 saturated heterocycles. The molecule has 0 fully saturated rings. The Labute approximate surface area is 212 Å². The molecular weight excluding hydrogens is 493 g/mol. The zero-order chi connectivity index (χ0) is 25.5. The lowest BCUT2D eigenvalue weighted by Crippen LogP contribution is -2.48. The van der Waals surface area contributed by atoms with Crippen LogP contribution < -0.4 is 10.7 Å². The summed E-state index contributed by atoms with van der Waals surface area (Å²) < 4.78 is 10.5. The average molecular weight is 516 g/mol. The Hall–Kier alpha value is -3.62. The molecule has 0 aliphatic rings. The zero-order valence-electron chi connectivity index (χ0n) is 19.2. The van der Waals surface area contributed by atoms with Crippen LogP contribution in [-0.2, 0) is 9.53 Å². The number of esters is 1. The molecule has 1 atom stereocenters. The number of rotatable bonds is 8. The van der Waals surface area contributed by atoms with Gasteiger partial charge in [-0.05, 0) is 48.4 Å². The summed E-state index contributed by atoms with van der Waals surface area (Å²) >= 11 is 11.9. The Kier molecular flexibility index (Phi) is 8.68. The Morgan fingerprint density at radius 2 is 1.77 bits per heavy atom. The lowest BCUT2D eigenvalue weighted by atomic mass is 10.0. The molecule has 1 heterocycles. The van der Waals surface area contributed by atoms with Crippen molar-refractivity contribution in [3.63, 3.8) is 0 Å². The molecule has 0 spiro atoms. The third kappa shape index (κ3) is 6.71.